The van der Waals surface area contributed by atoms with Crippen LogP contribution in [0.1, 0.15) is 32.8 Å². The van der Waals surface area contributed by atoms with Gasteiger partial charge in [0.05, 0.1) is 11.1 Å². The second kappa shape index (κ2) is 6.50. The van der Waals surface area contributed by atoms with Crippen LogP contribution >= 0.6 is 11.6 Å². The largest absolute Gasteiger partial charge is 0.392 e. The zero-order chi connectivity index (χ0) is 13.8. The summed E-state index contributed by atoms with van der Waals surface area (Å²) in [4.78, 5) is 0. The van der Waals surface area contributed by atoms with Crippen LogP contribution in [0.15, 0.2) is 18.2 Å². The standard InChI is InChI=1S/C14H21ClFNO/c1-14(2,3)7-11(18)9-17-8-10-5-4-6-12(15)13(10)16/h4-6,11,17-18H,7-9H2,1-3H3. The maximum absolute atomic E-state index is 13.6. The highest BCUT2D eigenvalue weighted by molar-refractivity contribution is 6.30. The van der Waals surface area contributed by atoms with Gasteiger partial charge < -0.3 is 10.4 Å². The van der Waals surface area contributed by atoms with Crippen molar-refractivity contribution < 1.29 is 9.50 Å². The van der Waals surface area contributed by atoms with Gasteiger partial charge in [-0.3, -0.25) is 0 Å². The molecule has 102 valence electrons. The summed E-state index contributed by atoms with van der Waals surface area (Å²) in [5.41, 5.74) is 0.605. The third-order valence-electron chi connectivity index (χ3n) is 2.57. The SMILES string of the molecule is CC(C)(C)CC(O)CNCc1cccc(Cl)c1F. The van der Waals surface area contributed by atoms with Crippen LogP contribution in [-0.2, 0) is 6.54 Å². The molecular formula is C14H21ClFNO. The molecule has 0 aliphatic heterocycles. The Kier molecular flexibility index (Phi) is 5.57. The molecule has 1 aromatic rings. The molecule has 18 heavy (non-hydrogen) atoms. The summed E-state index contributed by atoms with van der Waals surface area (Å²) in [6, 6.07) is 4.92. The van der Waals surface area contributed by atoms with E-state index in [1.807, 2.05) is 0 Å². The number of rotatable bonds is 5. The molecule has 2 nitrogen and oxygen atoms in total. The summed E-state index contributed by atoms with van der Waals surface area (Å²) in [5, 5.41) is 13.0. The third kappa shape index (κ3) is 5.34. The first-order valence-electron chi connectivity index (χ1n) is 6.11. The number of halogens is 2. The van der Waals surface area contributed by atoms with Crippen molar-refractivity contribution in [3.05, 3.63) is 34.6 Å². The fraction of sp³-hybridized carbons (Fsp3) is 0.571. The summed E-state index contributed by atoms with van der Waals surface area (Å²) in [7, 11) is 0. The van der Waals surface area contributed by atoms with E-state index < -0.39 is 11.9 Å². The lowest BCUT2D eigenvalue weighted by atomic mass is 9.89. The predicted molar refractivity (Wildman–Crippen MR) is 73.2 cm³/mol. The molecule has 0 saturated heterocycles. The Morgan fingerprint density at radius 2 is 2.06 bits per heavy atom. The number of aliphatic hydroxyl groups is 1. The van der Waals surface area contributed by atoms with Crippen molar-refractivity contribution in [1.29, 1.82) is 0 Å². The molecule has 0 spiro atoms. The number of hydrogen-bond donors (Lipinski definition) is 2. The van der Waals surface area contributed by atoms with Crippen molar-refractivity contribution >= 4 is 11.6 Å². The lowest BCUT2D eigenvalue weighted by molar-refractivity contribution is 0.119. The highest BCUT2D eigenvalue weighted by Crippen LogP contribution is 2.20. The minimum atomic E-state index is -0.424. The van der Waals surface area contributed by atoms with Crippen molar-refractivity contribution in [3.63, 3.8) is 0 Å². The first kappa shape index (κ1) is 15.4. The first-order chi connectivity index (χ1) is 8.29. The molecular weight excluding hydrogens is 253 g/mol. The zero-order valence-corrected chi connectivity index (χ0v) is 11.9. The molecule has 1 atom stereocenters. The van der Waals surface area contributed by atoms with Crippen LogP contribution in [0, 0.1) is 11.2 Å². The fourth-order valence-corrected chi connectivity index (χ4v) is 2.03. The van der Waals surface area contributed by atoms with E-state index in [1.54, 1.807) is 12.1 Å². The molecule has 0 aliphatic carbocycles. The summed E-state index contributed by atoms with van der Waals surface area (Å²) in [5.74, 6) is -0.392. The number of aliphatic hydroxyl groups excluding tert-OH is 1. The number of benzene rings is 1. The molecule has 0 fully saturated rings. The predicted octanol–water partition coefficient (Wildman–Crippen LogP) is 3.37. The van der Waals surface area contributed by atoms with Gasteiger partial charge in [-0.15, -0.1) is 0 Å². The molecule has 0 aromatic heterocycles. The van der Waals surface area contributed by atoms with Crippen molar-refractivity contribution in [3.8, 4) is 0 Å². The van der Waals surface area contributed by atoms with Gasteiger partial charge in [0.25, 0.3) is 0 Å². The van der Waals surface area contributed by atoms with E-state index in [9.17, 15) is 9.50 Å². The van der Waals surface area contributed by atoms with Gasteiger partial charge in [0.2, 0.25) is 0 Å². The Hall–Kier alpha value is -0.640. The normalized spacial score (nSPS) is 13.7. The minimum Gasteiger partial charge on any atom is -0.392 e. The van der Waals surface area contributed by atoms with Gasteiger partial charge in [0, 0.05) is 18.7 Å². The topological polar surface area (TPSA) is 32.3 Å². The van der Waals surface area contributed by atoms with Crippen LogP contribution < -0.4 is 5.32 Å². The Balaban J connectivity index is 2.40. The van der Waals surface area contributed by atoms with Crippen LogP contribution in [-0.4, -0.2) is 17.8 Å². The molecule has 4 heteroatoms. The third-order valence-corrected chi connectivity index (χ3v) is 2.87. The molecule has 0 heterocycles. The number of nitrogens with one attached hydrogen (secondary N) is 1. The summed E-state index contributed by atoms with van der Waals surface area (Å²) >= 11 is 5.69. The van der Waals surface area contributed by atoms with E-state index in [2.05, 4.69) is 26.1 Å². The van der Waals surface area contributed by atoms with E-state index in [4.69, 9.17) is 11.6 Å². The zero-order valence-electron chi connectivity index (χ0n) is 11.1. The minimum absolute atomic E-state index is 0.0857. The Morgan fingerprint density at radius 3 is 2.67 bits per heavy atom. The van der Waals surface area contributed by atoms with Crippen LogP contribution in [0.2, 0.25) is 5.02 Å². The highest BCUT2D eigenvalue weighted by Gasteiger charge is 2.16. The van der Waals surface area contributed by atoms with Crippen LogP contribution in [0.4, 0.5) is 4.39 Å². The quantitative estimate of drug-likeness (QED) is 0.862. The fourth-order valence-electron chi connectivity index (χ4n) is 1.84. The molecule has 0 saturated carbocycles. The molecule has 0 amide bonds. The Labute approximate surface area is 113 Å². The molecule has 1 aromatic carbocycles. The van der Waals surface area contributed by atoms with Gasteiger partial charge in [0.1, 0.15) is 5.82 Å². The van der Waals surface area contributed by atoms with E-state index in [0.29, 0.717) is 25.1 Å². The van der Waals surface area contributed by atoms with Gasteiger partial charge >= 0.3 is 0 Å². The maximum atomic E-state index is 13.6. The molecule has 0 bridgehead atoms. The first-order valence-corrected chi connectivity index (χ1v) is 6.49. The van der Waals surface area contributed by atoms with E-state index in [-0.39, 0.29) is 10.4 Å². The maximum Gasteiger partial charge on any atom is 0.146 e. The molecule has 1 rings (SSSR count). The lowest BCUT2D eigenvalue weighted by Crippen LogP contribution is -2.30. The van der Waals surface area contributed by atoms with Crippen molar-refractivity contribution in [2.45, 2.75) is 39.8 Å². The lowest BCUT2D eigenvalue weighted by Gasteiger charge is -2.22. The van der Waals surface area contributed by atoms with E-state index >= 15 is 0 Å². The summed E-state index contributed by atoms with van der Waals surface area (Å²) in [6.07, 6.45) is 0.283. The van der Waals surface area contributed by atoms with Gasteiger partial charge in [-0.2, -0.15) is 0 Å². The van der Waals surface area contributed by atoms with Gasteiger partial charge in [-0.05, 0) is 17.9 Å². The van der Waals surface area contributed by atoms with Crippen molar-refractivity contribution in [2.24, 2.45) is 5.41 Å². The number of hydrogen-bond acceptors (Lipinski definition) is 2. The average molecular weight is 274 g/mol. The van der Waals surface area contributed by atoms with Crippen molar-refractivity contribution in [2.75, 3.05) is 6.54 Å². The summed E-state index contributed by atoms with van der Waals surface area (Å²) in [6.45, 7) is 7.05. The Bertz CT molecular complexity index is 390. The molecule has 0 aliphatic rings. The van der Waals surface area contributed by atoms with Crippen LogP contribution in [0.5, 0.6) is 0 Å². The van der Waals surface area contributed by atoms with Crippen LogP contribution in [0.3, 0.4) is 0 Å². The Morgan fingerprint density at radius 1 is 1.39 bits per heavy atom. The van der Waals surface area contributed by atoms with Crippen molar-refractivity contribution in [1.82, 2.24) is 5.32 Å². The molecule has 2 N–H and O–H groups in total. The molecule has 0 radical (unpaired) electrons. The second-order valence-electron chi connectivity index (χ2n) is 5.76. The van der Waals surface area contributed by atoms with E-state index in [1.165, 1.54) is 6.07 Å². The van der Waals surface area contributed by atoms with E-state index in [0.717, 1.165) is 0 Å². The monoisotopic (exact) mass is 273 g/mol. The smallest absolute Gasteiger partial charge is 0.146 e. The van der Waals surface area contributed by atoms with Gasteiger partial charge in [-0.1, -0.05) is 44.5 Å². The van der Waals surface area contributed by atoms with Gasteiger partial charge in [0.15, 0.2) is 0 Å². The van der Waals surface area contributed by atoms with Crippen LogP contribution in [0.25, 0.3) is 0 Å². The summed E-state index contributed by atoms with van der Waals surface area (Å²) < 4.78 is 13.6. The highest BCUT2D eigenvalue weighted by atomic mass is 35.5. The average Bonchev–Trinajstić information content (AvgIpc) is 2.21. The molecule has 1 unspecified atom stereocenters. The second-order valence-corrected chi connectivity index (χ2v) is 6.17. The van der Waals surface area contributed by atoms with Gasteiger partial charge in [-0.25, -0.2) is 4.39 Å².